The lowest BCUT2D eigenvalue weighted by Gasteiger charge is -2.18. The van der Waals surface area contributed by atoms with Crippen molar-refractivity contribution in [3.05, 3.63) is 59.4 Å². The van der Waals surface area contributed by atoms with Gasteiger partial charge in [0.15, 0.2) is 0 Å². The number of aromatic nitrogens is 1. The number of primary amides is 1. The Hall–Kier alpha value is -3.41. The Morgan fingerprint density at radius 1 is 1.28 bits per heavy atom. The first-order valence-electron chi connectivity index (χ1n) is 9.24. The van der Waals surface area contributed by atoms with Gasteiger partial charge in [-0.3, -0.25) is 4.79 Å². The number of benzene rings is 1. The van der Waals surface area contributed by atoms with E-state index in [-0.39, 0.29) is 35.8 Å². The van der Waals surface area contributed by atoms with E-state index in [1.54, 1.807) is 0 Å². The second-order valence-electron chi connectivity index (χ2n) is 7.06. The number of nitrogens with two attached hydrogens (primary N) is 2. The van der Waals surface area contributed by atoms with E-state index in [4.69, 9.17) is 16.2 Å². The maximum atomic E-state index is 14.4. The van der Waals surface area contributed by atoms with Crippen molar-refractivity contribution in [2.24, 2.45) is 5.73 Å². The highest BCUT2D eigenvalue weighted by Crippen LogP contribution is 2.31. The number of halogens is 5. The standard InChI is InChI=1S/C20H19F5N4O3/c21-19(22)11-29(6-5-12-1-3-15(4-2-12)32-20(23,24)25)9-16(19)31-10-14-7-13(18(27)30)8-28-17(14)26/h1-8,16H,9-11H2,(H2,26,28)(H2,27,30)/t16-/m1/s1. The number of nitrogens with zero attached hydrogens (tertiary/aromatic N) is 2. The molecule has 12 heteroatoms. The number of rotatable bonds is 7. The summed E-state index contributed by atoms with van der Waals surface area (Å²) in [4.78, 5) is 16.4. The fraction of sp³-hybridized carbons (Fsp3) is 0.300. The van der Waals surface area contributed by atoms with Crippen molar-refractivity contribution in [3.63, 3.8) is 0 Å². The highest BCUT2D eigenvalue weighted by atomic mass is 19.4. The average molecular weight is 458 g/mol. The van der Waals surface area contributed by atoms with Gasteiger partial charge >= 0.3 is 6.36 Å². The van der Waals surface area contributed by atoms with Crippen molar-refractivity contribution in [2.45, 2.75) is 25.0 Å². The number of hydrogen-bond acceptors (Lipinski definition) is 6. The number of ether oxygens (including phenoxy) is 2. The molecule has 7 nitrogen and oxygen atoms in total. The van der Waals surface area contributed by atoms with Crippen LogP contribution in [0.1, 0.15) is 21.5 Å². The Balaban J connectivity index is 1.60. The van der Waals surface area contributed by atoms with Crippen LogP contribution < -0.4 is 16.2 Å². The first-order valence-corrected chi connectivity index (χ1v) is 9.24. The number of pyridine rings is 1. The van der Waals surface area contributed by atoms with Crippen molar-refractivity contribution < 1.29 is 36.2 Å². The Morgan fingerprint density at radius 3 is 2.59 bits per heavy atom. The Morgan fingerprint density at radius 2 is 1.97 bits per heavy atom. The largest absolute Gasteiger partial charge is 0.573 e. The lowest BCUT2D eigenvalue weighted by molar-refractivity contribution is -0.274. The van der Waals surface area contributed by atoms with Gasteiger partial charge in [0.05, 0.1) is 18.7 Å². The van der Waals surface area contributed by atoms with Gasteiger partial charge < -0.3 is 25.8 Å². The van der Waals surface area contributed by atoms with Crippen LogP contribution in [0.4, 0.5) is 27.8 Å². The summed E-state index contributed by atoms with van der Waals surface area (Å²) in [5, 5.41) is 0. The van der Waals surface area contributed by atoms with Crippen molar-refractivity contribution in [3.8, 4) is 5.75 Å². The van der Waals surface area contributed by atoms with Gasteiger partial charge in [0.1, 0.15) is 17.7 Å². The van der Waals surface area contributed by atoms with Crippen LogP contribution >= 0.6 is 0 Å². The normalized spacial score (nSPS) is 18.3. The number of anilines is 1. The molecule has 172 valence electrons. The lowest BCUT2D eigenvalue weighted by Crippen LogP contribution is -2.34. The zero-order valence-electron chi connectivity index (χ0n) is 16.5. The molecule has 1 aromatic heterocycles. The molecule has 0 aliphatic carbocycles. The Labute approximate surface area is 179 Å². The maximum Gasteiger partial charge on any atom is 0.573 e. The summed E-state index contributed by atoms with van der Waals surface area (Å²) < 4.78 is 74.4. The predicted molar refractivity (Wildman–Crippen MR) is 104 cm³/mol. The summed E-state index contributed by atoms with van der Waals surface area (Å²) >= 11 is 0. The number of likely N-dealkylation sites (tertiary alicyclic amines) is 1. The van der Waals surface area contributed by atoms with E-state index in [0.717, 1.165) is 12.1 Å². The molecule has 1 aliphatic rings. The maximum absolute atomic E-state index is 14.4. The number of amides is 1. The van der Waals surface area contributed by atoms with Crippen LogP contribution in [0.25, 0.3) is 6.08 Å². The van der Waals surface area contributed by atoms with Gasteiger partial charge in [-0.25, -0.2) is 13.8 Å². The fourth-order valence-electron chi connectivity index (χ4n) is 3.01. The average Bonchev–Trinajstić information content (AvgIpc) is 2.99. The van der Waals surface area contributed by atoms with Gasteiger partial charge in [0.25, 0.3) is 5.92 Å². The molecule has 0 spiro atoms. The number of alkyl halides is 5. The molecule has 1 atom stereocenters. The van der Waals surface area contributed by atoms with E-state index in [9.17, 15) is 26.7 Å². The molecule has 0 bridgehead atoms. The van der Waals surface area contributed by atoms with Crippen molar-refractivity contribution in [1.82, 2.24) is 9.88 Å². The van der Waals surface area contributed by atoms with E-state index in [1.165, 1.54) is 41.6 Å². The number of nitrogen functional groups attached to an aromatic ring is 1. The molecule has 0 saturated carbocycles. The van der Waals surface area contributed by atoms with Crippen LogP contribution in [-0.2, 0) is 11.3 Å². The molecular weight excluding hydrogens is 439 g/mol. The third-order valence-electron chi connectivity index (χ3n) is 4.60. The minimum Gasteiger partial charge on any atom is -0.406 e. The third-order valence-corrected chi connectivity index (χ3v) is 4.60. The van der Waals surface area contributed by atoms with Gasteiger partial charge in [-0.1, -0.05) is 12.1 Å². The van der Waals surface area contributed by atoms with Gasteiger partial charge in [-0.05, 0) is 36.0 Å². The quantitative estimate of drug-likeness (QED) is 0.618. The van der Waals surface area contributed by atoms with E-state index in [0.29, 0.717) is 5.56 Å². The molecule has 3 rings (SSSR count). The molecule has 0 radical (unpaired) electrons. The van der Waals surface area contributed by atoms with Crippen molar-refractivity contribution in [2.75, 3.05) is 18.8 Å². The molecule has 1 amide bonds. The highest BCUT2D eigenvalue weighted by Gasteiger charge is 2.48. The molecule has 2 heterocycles. The van der Waals surface area contributed by atoms with Gasteiger partial charge in [0, 0.05) is 18.3 Å². The van der Waals surface area contributed by atoms with Crippen LogP contribution in [-0.4, -0.2) is 47.3 Å². The molecule has 4 N–H and O–H groups in total. The van der Waals surface area contributed by atoms with E-state index >= 15 is 0 Å². The monoisotopic (exact) mass is 458 g/mol. The van der Waals surface area contributed by atoms with E-state index < -0.39 is 30.8 Å². The minimum absolute atomic E-state index is 0.0333. The number of carbonyl (C=O) groups is 1. The molecule has 2 aromatic rings. The van der Waals surface area contributed by atoms with Crippen LogP contribution in [0.5, 0.6) is 5.75 Å². The second kappa shape index (κ2) is 8.99. The third kappa shape index (κ3) is 6.06. The molecule has 1 fully saturated rings. The first-order chi connectivity index (χ1) is 14.9. The van der Waals surface area contributed by atoms with Crippen LogP contribution in [0.3, 0.4) is 0 Å². The van der Waals surface area contributed by atoms with Crippen LogP contribution in [0, 0.1) is 0 Å². The summed E-state index contributed by atoms with van der Waals surface area (Å²) in [6.07, 6.45) is -2.18. The second-order valence-corrected chi connectivity index (χ2v) is 7.06. The van der Waals surface area contributed by atoms with E-state index in [1.807, 2.05) is 0 Å². The molecule has 0 unspecified atom stereocenters. The van der Waals surface area contributed by atoms with E-state index in [2.05, 4.69) is 9.72 Å². The topological polar surface area (TPSA) is 104 Å². The summed E-state index contributed by atoms with van der Waals surface area (Å²) in [7, 11) is 0. The SMILES string of the molecule is NC(=O)c1cnc(N)c(CO[C@@H]2CN(C=Cc3ccc(OC(F)(F)F)cc3)CC2(F)F)c1. The van der Waals surface area contributed by atoms with Crippen molar-refractivity contribution in [1.29, 1.82) is 0 Å². The molecule has 1 aromatic carbocycles. The van der Waals surface area contributed by atoms with Crippen LogP contribution in [0.15, 0.2) is 42.7 Å². The van der Waals surface area contributed by atoms with Gasteiger partial charge in [-0.15, -0.1) is 13.2 Å². The summed E-state index contributed by atoms with van der Waals surface area (Å²) in [5.74, 6) is -4.26. The Bertz CT molecular complexity index is 996. The zero-order valence-corrected chi connectivity index (χ0v) is 16.5. The number of hydrogen-bond donors (Lipinski definition) is 2. The summed E-state index contributed by atoms with van der Waals surface area (Å²) in [6, 6.07) is 6.30. The van der Waals surface area contributed by atoms with Gasteiger partial charge in [0.2, 0.25) is 5.91 Å². The fourth-order valence-corrected chi connectivity index (χ4v) is 3.01. The highest BCUT2D eigenvalue weighted by molar-refractivity contribution is 5.92. The lowest BCUT2D eigenvalue weighted by atomic mass is 10.2. The van der Waals surface area contributed by atoms with Crippen molar-refractivity contribution >= 4 is 17.8 Å². The molecular formula is C20H19F5N4O3. The zero-order chi connectivity index (χ0) is 23.5. The molecule has 32 heavy (non-hydrogen) atoms. The van der Waals surface area contributed by atoms with Gasteiger partial charge in [-0.2, -0.15) is 0 Å². The predicted octanol–water partition coefficient (Wildman–Crippen LogP) is 3.17. The molecule has 1 aliphatic heterocycles. The smallest absolute Gasteiger partial charge is 0.406 e. The molecule has 1 saturated heterocycles. The summed E-state index contributed by atoms with van der Waals surface area (Å²) in [6.45, 7) is -1.04. The van der Waals surface area contributed by atoms with Crippen LogP contribution in [0.2, 0.25) is 0 Å². The number of carbonyl (C=O) groups excluding carboxylic acids is 1. The minimum atomic E-state index is -4.80. The summed E-state index contributed by atoms with van der Waals surface area (Å²) in [5.41, 5.74) is 11.7. The first kappa shape index (κ1) is 23.3. The Kier molecular flexibility index (Phi) is 6.53.